The smallest absolute Gasteiger partial charge is 0.338 e. The summed E-state index contributed by atoms with van der Waals surface area (Å²) in [7, 11) is -2.65. The Morgan fingerprint density at radius 2 is 1.38 bits per heavy atom. The molecular formula is C55H67NO14SSi. The number of fused-ring (bicyclic) bond motifs is 5. The average molecular weight is 1030 g/mol. The molecule has 0 unspecified atom stereocenters. The topological polar surface area (TPSA) is 207 Å². The van der Waals surface area contributed by atoms with Crippen LogP contribution in [0.5, 0.6) is 0 Å². The Hall–Kier alpha value is -5.46. The molecule has 386 valence electrons. The van der Waals surface area contributed by atoms with Crippen LogP contribution in [-0.4, -0.2) is 108 Å². The number of hydrogen-bond acceptors (Lipinski definition) is 15. The van der Waals surface area contributed by atoms with Crippen LogP contribution >= 0.6 is 11.8 Å². The van der Waals surface area contributed by atoms with Crippen LogP contribution in [0, 0.1) is 16.7 Å². The van der Waals surface area contributed by atoms with Crippen LogP contribution in [0.4, 0.5) is 0 Å². The molecular weight excluding hydrogens is 959 g/mol. The van der Waals surface area contributed by atoms with E-state index in [1.165, 1.54) is 13.8 Å². The van der Waals surface area contributed by atoms with E-state index in [9.17, 15) is 29.1 Å². The first-order valence-corrected chi connectivity index (χ1v) is 28.1. The molecule has 4 aliphatic rings. The van der Waals surface area contributed by atoms with E-state index in [4.69, 9.17) is 28.1 Å². The van der Waals surface area contributed by atoms with Crippen LogP contribution < -0.4 is 5.32 Å². The summed E-state index contributed by atoms with van der Waals surface area (Å²) >= 11 is 0.646. The fraction of sp³-hybridized carbons (Fsp3) is 0.509. The maximum atomic E-state index is 16.5. The lowest BCUT2D eigenvalue weighted by atomic mass is 9.44. The van der Waals surface area contributed by atoms with Gasteiger partial charge in [0.25, 0.3) is 5.91 Å². The zero-order chi connectivity index (χ0) is 52.6. The summed E-state index contributed by atoms with van der Waals surface area (Å²) in [5, 5.41) is 15.3. The fourth-order valence-corrected chi connectivity index (χ4v) is 15.7. The molecule has 72 heavy (non-hydrogen) atoms. The van der Waals surface area contributed by atoms with Gasteiger partial charge in [0.1, 0.15) is 29.2 Å². The number of amides is 1. The molecule has 2 saturated carbocycles. The number of nitrogens with one attached hydrogen (secondary N) is 1. The lowest BCUT2D eigenvalue weighted by Gasteiger charge is -2.68. The number of benzene rings is 3. The van der Waals surface area contributed by atoms with Gasteiger partial charge in [-0.05, 0) is 73.0 Å². The Kier molecular flexibility index (Phi) is 16.0. The summed E-state index contributed by atoms with van der Waals surface area (Å²) < 4.78 is 39.4. The number of Topliss-reactive ketones (excluding diaryl/α,β-unsaturated/α-hetero) is 1. The molecule has 1 amide bonds. The molecule has 3 fully saturated rings. The molecule has 7 rings (SSSR count). The molecule has 15 nitrogen and oxygen atoms in total. The van der Waals surface area contributed by atoms with E-state index in [-0.39, 0.29) is 29.7 Å². The SMILES string of the molecule is CC[Si](CC)(CC)O[C@H]1C[C@H]2OC[C@@]2(OC(C)=O)[C@H]2[C@H](OC(=O)c3ccccc3)[C@]3(O)C[C@H](OC(=O)[C@H](SC(C)=O)[C@@H](NC(=O)c4ccccc4)c4ccccc4)C(C)=C([C@@H](OC(C)=O)C(=O)[C@]12C)C3(C)C. The highest BCUT2D eigenvalue weighted by atomic mass is 32.2. The number of carbonyl (C=O) groups excluding carboxylic acids is 7. The second-order valence-electron chi connectivity index (χ2n) is 20.3. The van der Waals surface area contributed by atoms with Crippen molar-refractivity contribution in [2.24, 2.45) is 16.7 Å². The van der Waals surface area contributed by atoms with E-state index in [1.807, 2.05) is 20.8 Å². The third-order valence-corrected chi connectivity index (χ3v) is 21.7. The Balaban J connectivity index is 1.47. The maximum absolute atomic E-state index is 16.5. The van der Waals surface area contributed by atoms with Crippen molar-refractivity contribution < 1.29 is 66.8 Å². The molecule has 17 heteroatoms. The third-order valence-electron chi connectivity index (χ3n) is 16.0. The van der Waals surface area contributed by atoms with Gasteiger partial charge in [-0.2, -0.15) is 0 Å². The van der Waals surface area contributed by atoms with Gasteiger partial charge in [0, 0.05) is 44.6 Å². The Morgan fingerprint density at radius 1 is 0.806 bits per heavy atom. The Labute approximate surface area is 426 Å². The van der Waals surface area contributed by atoms with E-state index in [2.05, 4.69) is 5.32 Å². The predicted octanol–water partition coefficient (Wildman–Crippen LogP) is 8.05. The highest BCUT2D eigenvalue weighted by Gasteiger charge is 2.79. The van der Waals surface area contributed by atoms with Crippen molar-refractivity contribution in [3.63, 3.8) is 0 Å². The number of thioether (sulfide) groups is 1. The minimum Gasteiger partial charge on any atom is -0.457 e. The molecule has 0 aromatic heterocycles. The van der Waals surface area contributed by atoms with Crippen molar-refractivity contribution in [3.8, 4) is 0 Å². The summed E-state index contributed by atoms with van der Waals surface area (Å²) in [6, 6.07) is 26.0. The second kappa shape index (κ2) is 21.2. The second-order valence-corrected chi connectivity index (χ2v) is 26.3. The largest absolute Gasteiger partial charge is 0.457 e. The van der Waals surface area contributed by atoms with Crippen LogP contribution in [0.1, 0.15) is 114 Å². The Morgan fingerprint density at radius 3 is 1.89 bits per heavy atom. The minimum absolute atomic E-state index is 0.0750. The van der Waals surface area contributed by atoms with Crippen LogP contribution in [0.2, 0.25) is 18.1 Å². The predicted molar refractivity (Wildman–Crippen MR) is 270 cm³/mol. The molecule has 1 aliphatic heterocycles. The normalized spacial score (nSPS) is 29.3. The highest BCUT2D eigenvalue weighted by Crippen LogP contribution is 2.65. The van der Waals surface area contributed by atoms with Crippen LogP contribution in [0.3, 0.4) is 0 Å². The monoisotopic (exact) mass is 1030 g/mol. The molecule has 3 aromatic carbocycles. The molecule has 1 saturated heterocycles. The quantitative estimate of drug-likeness (QED) is 0.0602. The summed E-state index contributed by atoms with van der Waals surface area (Å²) in [6.07, 6.45) is -7.22. The van der Waals surface area contributed by atoms with Crippen molar-refractivity contribution >= 4 is 60.8 Å². The number of ketones is 1. The van der Waals surface area contributed by atoms with Crippen LogP contribution in [0.25, 0.3) is 0 Å². The molecule has 2 bridgehead atoms. The third kappa shape index (κ3) is 9.74. The molecule has 2 N–H and O–H groups in total. The van der Waals surface area contributed by atoms with E-state index in [0.717, 1.165) is 6.92 Å². The van der Waals surface area contributed by atoms with Gasteiger partial charge < -0.3 is 38.5 Å². The standard InChI is InChI=1S/C55H67NO14SSi/c1-11-72(12-2,13-3)70-40-29-41-54(31-65-41,69-34(6)58)46-48(68-50(62)38-27-21-16-22-28-38)55(64)30-39(32(4)42(52(55,8)9)44(66-33(5)57)47(60)53(40,46)10)67-51(63)45(71-35(7)59)43(36-23-17-14-18-24-36)56-49(61)37-25-19-15-20-26-37/h14-28,39-41,43-46,48,64H,11-13,29-31H2,1-10H3,(H,56,61)/t39-,40-,41+,43-,44+,45+,46-,48-,53+,54-,55+/m0/s1. The van der Waals surface area contributed by atoms with Crippen molar-refractivity contribution in [1.82, 2.24) is 5.32 Å². The van der Waals surface area contributed by atoms with Gasteiger partial charge >= 0.3 is 23.9 Å². The molecule has 3 aromatic rings. The zero-order valence-electron chi connectivity index (χ0n) is 42.7. The summed E-state index contributed by atoms with van der Waals surface area (Å²) in [6.45, 7) is 16.1. The van der Waals surface area contributed by atoms with Gasteiger partial charge in [-0.3, -0.25) is 28.8 Å². The van der Waals surface area contributed by atoms with Gasteiger partial charge in [-0.15, -0.1) is 0 Å². The summed E-state index contributed by atoms with van der Waals surface area (Å²) in [4.78, 5) is 100. The Bertz CT molecular complexity index is 2580. The van der Waals surface area contributed by atoms with E-state index < -0.39 is 125 Å². The van der Waals surface area contributed by atoms with Gasteiger partial charge in [0.05, 0.1) is 35.6 Å². The average Bonchev–Trinajstić information content (AvgIpc) is 3.35. The van der Waals surface area contributed by atoms with Gasteiger partial charge in [-0.25, -0.2) is 4.79 Å². The fourth-order valence-electron chi connectivity index (χ4n) is 11.9. The van der Waals surface area contributed by atoms with Crippen LogP contribution in [0.15, 0.2) is 102 Å². The lowest BCUT2D eigenvalue weighted by Crippen LogP contribution is -2.82. The van der Waals surface area contributed by atoms with Gasteiger partial charge in [0.2, 0.25) is 0 Å². The summed E-state index contributed by atoms with van der Waals surface area (Å²) in [5.41, 5.74) is -6.29. The first-order chi connectivity index (χ1) is 34.0. The molecule has 11 atom stereocenters. The number of rotatable bonds is 16. The van der Waals surface area contributed by atoms with E-state index in [0.29, 0.717) is 41.0 Å². The lowest BCUT2D eigenvalue weighted by molar-refractivity contribution is -0.344. The number of ether oxygens (including phenoxy) is 5. The van der Waals surface area contributed by atoms with E-state index >= 15 is 9.59 Å². The minimum atomic E-state index is -2.65. The number of carbonyl (C=O) groups is 7. The summed E-state index contributed by atoms with van der Waals surface area (Å²) in [5.74, 6) is -6.00. The first-order valence-electron chi connectivity index (χ1n) is 24.7. The van der Waals surface area contributed by atoms with Crippen molar-refractivity contribution in [3.05, 3.63) is 119 Å². The molecule has 1 heterocycles. The van der Waals surface area contributed by atoms with Crippen molar-refractivity contribution in [2.45, 2.75) is 153 Å². The number of aliphatic hydroxyl groups is 1. The van der Waals surface area contributed by atoms with E-state index in [1.54, 1.807) is 119 Å². The van der Waals surface area contributed by atoms with Gasteiger partial charge in [-0.1, -0.05) is 113 Å². The number of hydrogen-bond donors (Lipinski definition) is 2. The zero-order valence-corrected chi connectivity index (χ0v) is 44.5. The molecule has 3 aliphatic carbocycles. The maximum Gasteiger partial charge on any atom is 0.338 e. The molecule has 0 spiro atoms. The molecule has 0 radical (unpaired) electrons. The van der Waals surface area contributed by atoms with Crippen molar-refractivity contribution in [2.75, 3.05) is 6.61 Å². The van der Waals surface area contributed by atoms with Crippen LogP contribution in [-0.2, 0) is 52.1 Å². The highest BCUT2D eigenvalue weighted by molar-refractivity contribution is 8.14. The number of esters is 4. The van der Waals surface area contributed by atoms with Crippen molar-refractivity contribution in [1.29, 1.82) is 0 Å². The van der Waals surface area contributed by atoms with Gasteiger partial charge in [0.15, 0.2) is 30.9 Å². The first kappa shape index (κ1) is 54.3.